The van der Waals surface area contributed by atoms with Crippen LogP contribution in [0.25, 0.3) is 16.9 Å². The zero-order valence-corrected chi connectivity index (χ0v) is 14.7. The lowest BCUT2D eigenvalue weighted by molar-refractivity contribution is -0.120. The van der Waals surface area contributed by atoms with Crippen LogP contribution in [-0.2, 0) is 4.79 Å². The summed E-state index contributed by atoms with van der Waals surface area (Å²) in [6.07, 6.45) is 2.18. The van der Waals surface area contributed by atoms with Crippen molar-refractivity contribution in [2.75, 3.05) is 6.54 Å². The van der Waals surface area contributed by atoms with Crippen LogP contribution in [-0.4, -0.2) is 42.4 Å². The van der Waals surface area contributed by atoms with Gasteiger partial charge in [-0.05, 0) is 25.5 Å². The first-order chi connectivity index (χ1) is 12.1. The number of carbonyl (C=O) groups is 1. The summed E-state index contributed by atoms with van der Waals surface area (Å²) in [5.74, 6) is 0.172. The van der Waals surface area contributed by atoms with Crippen LogP contribution in [0.15, 0.2) is 40.5 Å². The van der Waals surface area contributed by atoms with Crippen LogP contribution in [0, 0.1) is 0 Å². The van der Waals surface area contributed by atoms with E-state index in [0.29, 0.717) is 22.6 Å². The number of hydrogen-bond donors (Lipinski definition) is 2. The molecule has 1 atom stereocenters. The minimum atomic E-state index is -0.409. The van der Waals surface area contributed by atoms with Crippen LogP contribution in [0.4, 0.5) is 0 Å². The van der Waals surface area contributed by atoms with Gasteiger partial charge in [0.2, 0.25) is 11.9 Å². The van der Waals surface area contributed by atoms with Gasteiger partial charge in [-0.2, -0.15) is 10.1 Å². The second-order valence-electron chi connectivity index (χ2n) is 5.41. The van der Waals surface area contributed by atoms with Crippen molar-refractivity contribution in [2.24, 2.45) is 0 Å². The van der Waals surface area contributed by atoms with Gasteiger partial charge in [-0.15, -0.1) is 0 Å². The largest absolute Gasteiger partial charge is 0.355 e. The Kier molecular flexibility index (Phi) is 5.13. The Labute approximate surface area is 148 Å². The van der Waals surface area contributed by atoms with E-state index in [1.807, 2.05) is 13.0 Å². The number of aromatic amines is 1. The van der Waals surface area contributed by atoms with E-state index < -0.39 is 5.25 Å². The lowest BCUT2D eigenvalue weighted by Gasteiger charge is -2.14. The van der Waals surface area contributed by atoms with Crippen molar-refractivity contribution in [3.63, 3.8) is 0 Å². The highest BCUT2D eigenvalue weighted by atomic mass is 32.2. The molecule has 0 spiro atoms. The van der Waals surface area contributed by atoms with Crippen molar-refractivity contribution >= 4 is 28.6 Å². The van der Waals surface area contributed by atoms with Crippen molar-refractivity contribution < 1.29 is 4.79 Å². The molecule has 0 fully saturated rings. The third-order valence-electron chi connectivity index (χ3n) is 3.56. The number of aromatic nitrogens is 5. The monoisotopic (exact) mass is 358 g/mol. The topological polar surface area (TPSA) is 106 Å². The highest BCUT2D eigenvalue weighted by molar-refractivity contribution is 8.00. The molecule has 1 amide bonds. The Morgan fingerprint density at radius 3 is 2.92 bits per heavy atom. The molecular formula is C16H18N6O2S. The Bertz CT molecular complexity index is 937. The van der Waals surface area contributed by atoms with Crippen LogP contribution < -0.4 is 10.9 Å². The van der Waals surface area contributed by atoms with E-state index in [4.69, 9.17) is 0 Å². The maximum absolute atomic E-state index is 12.9. The van der Waals surface area contributed by atoms with Gasteiger partial charge in [-0.3, -0.25) is 9.59 Å². The highest BCUT2D eigenvalue weighted by Gasteiger charge is 2.20. The average molecular weight is 358 g/mol. The van der Waals surface area contributed by atoms with Crippen LogP contribution in [0.2, 0.25) is 0 Å². The molecule has 0 aliphatic rings. The maximum Gasteiger partial charge on any atom is 0.269 e. The van der Waals surface area contributed by atoms with E-state index in [1.54, 1.807) is 25.1 Å². The Hall–Kier alpha value is -2.68. The fourth-order valence-electron chi connectivity index (χ4n) is 2.29. The number of amides is 1. The van der Waals surface area contributed by atoms with E-state index in [2.05, 4.69) is 25.5 Å². The van der Waals surface area contributed by atoms with Gasteiger partial charge in [-0.25, -0.2) is 14.6 Å². The number of thioether (sulfide) groups is 1. The molecule has 0 radical (unpaired) electrons. The summed E-state index contributed by atoms with van der Waals surface area (Å²) in [6.45, 7) is 4.38. The zero-order valence-electron chi connectivity index (χ0n) is 13.9. The predicted octanol–water partition coefficient (Wildman–Crippen LogP) is 1.51. The van der Waals surface area contributed by atoms with Gasteiger partial charge in [0.25, 0.3) is 5.56 Å². The molecule has 130 valence electrons. The molecule has 2 N–H and O–H groups in total. The van der Waals surface area contributed by atoms with Gasteiger partial charge in [0.15, 0.2) is 5.16 Å². The number of fused-ring (bicyclic) bond motifs is 1. The number of nitrogens with zero attached hydrogens (tertiary/aromatic N) is 4. The molecule has 2 heterocycles. The van der Waals surface area contributed by atoms with Crippen molar-refractivity contribution in [3.05, 3.63) is 40.9 Å². The number of rotatable bonds is 6. The van der Waals surface area contributed by atoms with Gasteiger partial charge >= 0.3 is 0 Å². The molecule has 0 aliphatic carbocycles. The number of nitrogens with one attached hydrogen (secondary N) is 2. The maximum atomic E-state index is 12.9. The third-order valence-corrected chi connectivity index (χ3v) is 4.61. The van der Waals surface area contributed by atoms with E-state index in [1.165, 1.54) is 22.7 Å². The minimum absolute atomic E-state index is 0.0987. The van der Waals surface area contributed by atoms with Gasteiger partial charge < -0.3 is 5.32 Å². The second kappa shape index (κ2) is 7.47. The van der Waals surface area contributed by atoms with Crippen molar-refractivity contribution in [3.8, 4) is 5.95 Å². The number of para-hydroxylation sites is 1. The molecule has 0 bridgehead atoms. The predicted molar refractivity (Wildman–Crippen MR) is 95.9 cm³/mol. The van der Waals surface area contributed by atoms with E-state index in [9.17, 15) is 9.59 Å². The summed E-state index contributed by atoms with van der Waals surface area (Å²) in [5, 5.41) is 9.79. The van der Waals surface area contributed by atoms with E-state index >= 15 is 0 Å². The number of H-pyrrole nitrogens is 1. The lowest BCUT2D eigenvalue weighted by Crippen LogP contribution is -2.32. The summed E-state index contributed by atoms with van der Waals surface area (Å²) in [5.41, 5.74) is 0.318. The van der Waals surface area contributed by atoms with Crippen LogP contribution in [0.1, 0.15) is 20.3 Å². The number of hydrogen-bond acceptors (Lipinski definition) is 6. The van der Waals surface area contributed by atoms with Crippen LogP contribution >= 0.6 is 11.8 Å². The quantitative estimate of drug-likeness (QED) is 0.511. The molecule has 0 unspecified atom stereocenters. The third kappa shape index (κ3) is 3.55. The summed E-state index contributed by atoms with van der Waals surface area (Å²) >= 11 is 1.21. The standard InChI is InChI=1S/C16H18N6O2S/c1-3-8-17-13(23)10(2)25-16-20-12-7-5-4-6-11(12)14(24)22(16)15-18-9-19-21-15/h4-7,9-10H,3,8H2,1-2H3,(H,17,23)(H,18,19,21)/t10-/m1/s1. The van der Waals surface area contributed by atoms with Crippen molar-refractivity contribution in [1.29, 1.82) is 0 Å². The molecule has 0 saturated heterocycles. The molecule has 1 aromatic carbocycles. The molecule has 2 aromatic heterocycles. The fourth-order valence-corrected chi connectivity index (χ4v) is 3.22. The minimum Gasteiger partial charge on any atom is -0.355 e. The fraction of sp³-hybridized carbons (Fsp3) is 0.312. The van der Waals surface area contributed by atoms with Crippen LogP contribution in [0.5, 0.6) is 0 Å². The average Bonchev–Trinajstić information content (AvgIpc) is 3.14. The van der Waals surface area contributed by atoms with Gasteiger partial charge in [0.1, 0.15) is 6.33 Å². The Balaban J connectivity index is 2.05. The van der Waals surface area contributed by atoms with E-state index in [0.717, 1.165) is 6.42 Å². The molecular weight excluding hydrogens is 340 g/mol. The van der Waals surface area contributed by atoms with Gasteiger partial charge in [0, 0.05) is 6.54 Å². The van der Waals surface area contributed by atoms with Crippen molar-refractivity contribution in [1.82, 2.24) is 30.0 Å². The highest BCUT2D eigenvalue weighted by Crippen LogP contribution is 2.23. The molecule has 3 rings (SSSR count). The molecule has 3 aromatic rings. The SMILES string of the molecule is CCCNC(=O)[C@@H](C)Sc1nc2ccccc2c(=O)n1-c1ncn[nH]1. The smallest absolute Gasteiger partial charge is 0.269 e. The second-order valence-corrected chi connectivity index (χ2v) is 6.72. The Morgan fingerprint density at radius 1 is 1.40 bits per heavy atom. The van der Waals surface area contributed by atoms with Crippen molar-refractivity contribution in [2.45, 2.75) is 30.7 Å². The van der Waals surface area contributed by atoms with Crippen LogP contribution in [0.3, 0.4) is 0 Å². The number of carbonyl (C=O) groups excluding carboxylic acids is 1. The molecule has 0 saturated carbocycles. The summed E-state index contributed by atoms with van der Waals surface area (Å²) in [7, 11) is 0. The summed E-state index contributed by atoms with van der Waals surface area (Å²) < 4.78 is 1.35. The molecule has 25 heavy (non-hydrogen) atoms. The molecule has 0 aliphatic heterocycles. The zero-order chi connectivity index (χ0) is 17.8. The summed E-state index contributed by atoms with van der Waals surface area (Å²) in [4.78, 5) is 33.7. The normalized spacial score (nSPS) is 12.2. The van der Waals surface area contributed by atoms with Gasteiger partial charge in [0.05, 0.1) is 16.2 Å². The molecule has 8 nitrogen and oxygen atoms in total. The van der Waals surface area contributed by atoms with E-state index in [-0.39, 0.29) is 17.4 Å². The first kappa shape index (κ1) is 17.2. The van der Waals surface area contributed by atoms with Gasteiger partial charge in [-0.1, -0.05) is 30.8 Å². The number of benzene rings is 1. The summed E-state index contributed by atoms with van der Waals surface area (Å²) in [6, 6.07) is 7.08. The lowest BCUT2D eigenvalue weighted by atomic mass is 10.2. The molecule has 9 heteroatoms. The first-order valence-corrected chi connectivity index (χ1v) is 8.81. The Morgan fingerprint density at radius 2 is 2.20 bits per heavy atom. The first-order valence-electron chi connectivity index (χ1n) is 7.93.